The summed E-state index contributed by atoms with van der Waals surface area (Å²) in [7, 11) is 0. The number of pyridine rings is 1. The molecular formula is C17H17N3O4. The van der Waals surface area contributed by atoms with Gasteiger partial charge >= 0.3 is 0 Å². The molecule has 124 valence electrons. The second-order valence-electron chi connectivity index (χ2n) is 5.34. The van der Waals surface area contributed by atoms with E-state index in [0.29, 0.717) is 23.6 Å². The molecule has 0 bridgehead atoms. The number of carbonyl (C=O) groups excluding carboxylic acids is 2. The van der Waals surface area contributed by atoms with Crippen molar-refractivity contribution in [3.05, 3.63) is 53.9 Å². The summed E-state index contributed by atoms with van der Waals surface area (Å²) in [5.74, 6) is 0.751. The summed E-state index contributed by atoms with van der Waals surface area (Å²) in [4.78, 5) is 28.0. The predicted molar refractivity (Wildman–Crippen MR) is 85.6 cm³/mol. The van der Waals surface area contributed by atoms with Crippen LogP contribution in [-0.2, 0) is 11.3 Å². The van der Waals surface area contributed by atoms with Gasteiger partial charge < -0.3 is 20.1 Å². The van der Waals surface area contributed by atoms with Crippen LogP contribution in [0.4, 0.5) is 0 Å². The molecular weight excluding hydrogens is 310 g/mol. The molecule has 2 N–H and O–H groups in total. The molecule has 0 aliphatic carbocycles. The Kier molecular flexibility index (Phi) is 4.60. The first-order valence-corrected chi connectivity index (χ1v) is 7.50. The van der Waals surface area contributed by atoms with Crippen molar-refractivity contribution in [1.82, 2.24) is 15.6 Å². The van der Waals surface area contributed by atoms with Crippen LogP contribution in [0.3, 0.4) is 0 Å². The lowest BCUT2D eigenvalue weighted by molar-refractivity contribution is -0.122. The molecule has 0 radical (unpaired) electrons. The maximum atomic E-state index is 12.1. The fourth-order valence-corrected chi connectivity index (χ4v) is 2.24. The zero-order valence-corrected chi connectivity index (χ0v) is 13.1. The Labute approximate surface area is 139 Å². The number of fused-ring (bicyclic) bond motifs is 1. The zero-order valence-electron chi connectivity index (χ0n) is 13.1. The maximum Gasteiger partial charge on any atom is 0.253 e. The highest BCUT2D eigenvalue weighted by atomic mass is 16.7. The minimum Gasteiger partial charge on any atom is -0.454 e. The third-order valence-electron chi connectivity index (χ3n) is 3.57. The number of carbonyl (C=O) groups is 2. The molecule has 0 spiro atoms. The first kappa shape index (κ1) is 15.8. The van der Waals surface area contributed by atoms with Crippen LogP contribution >= 0.6 is 0 Å². The van der Waals surface area contributed by atoms with E-state index in [2.05, 4.69) is 15.6 Å². The number of hydrogen-bond acceptors (Lipinski definition) is 5. The molecule has 2 aromatic rings. The molecule has 1 aromatic heterocycles. The summed E-state index contributed by atoms with van der Waals surface area (Å²) in [5, 5.41) is 5.42. The van der Waals surface area contributed by atoms with E-state index in [0.717, 1.165) is 5.56 Å². The SMILES string of the molecule is C[C@@H](NC(=O)c1cccnc1)C(=O)NCc1ccc2c(c1)OCO2. The highest BCUT2D eigenvalue weighted by Crippen LogP contribution is 2.32. The minimum atomic E-state index is -0.660. The second kappa shape index (κ2) is 6.99. The molecule has 0 saturated heterocycles. The lowest BCUT2D eigenvalue weighted by Gasteiger charge is -2.14. The van der Waals surface area contributed by atoms with Crippen molar-refractivity contribution >= 4 is 11.8 Å². The van der Waals surface area contributed by atoms with Crippen LogP contribution in [0.2, 0.25) is 0 Å². The van der Waals surface area contributed by atoms with Gasteiger partial charge in [-0.05, 0) is 36.8 Å². The fraction of sp³-hybridized carbons (Fsp3) is 0.235. The van der Waals surface area contributed by atoms with E-state index in [1.165, 1.54) is 6.20 Å². The summed E-state index contributed by atoms with van der Waals surface area (Å²) >= 11 is 0. The molecule has 7 heteroatoms. The van der Waals surface area contributed by atoms with Gasteiger partial charge in [-0.15, -0.1) is 0 Å². The highest BCUT2D eigenvalue weighted by molar-refractivity contribution is 5.97. The van der Waals surface area contributed by atoms with Gasteiger partial charge in [0.25, 0.3) is 5.91 Å². The van der Waals surface area contributed by atoms with Crippen LogP contribution < -0.4 is 20.1 Å². The van der Waals surface area contributed by atoms with Gasteiger partial charge in [0.15, 0.2) is 11.5 Å². The lowest BCUT2D eigenvalue weighted by Crippen LogP contribution is -2.44. The minimum absolute atomic E-state index is 0.211. The number of nitrogens with zero attached hydrogens (tertiary/aromatic N) is 1. The number of aromatic nitrogens is 1. The van der Waals surface area contributed by atoms with Crippen molar-refractivity contribution in [2.24, 2.45) is 0 Å². The normalized spacial score (nSPS) is 13.2. The molecule has 0 unspecified atom stereocenters. The highest BCUT2D eigenvalue weighted by Gasteiger charge is 2.17. The van der Waals surface area contributed by atoms with Gasteiger partial charge in [0.1, 0.15) is 6.04 Å². The molecule has 1 aliphatic rings. The van der Waals surface area contributed by atoms with Gasteiger partial charge in [0.05, 0.1) is 5.56 Å². The number of rotatable bonds is 5. The van der Waals surface area contributed by atoms with Crippen molar-refractivity contribution in [2.75, 3.05) is 6.79 Å². The van der Waals surface area contributed by atoms with E-state index < -0.39 is 6.04 Å². The Hall–Kier alpha value is -3.09. The van der Waals surface area contributed by atoms with E-state index in [1.54, 1.807) is 31.3 Å². The van der Waals surface area contributed by atoms with Gasteiger partial charge in [-0.1, -0.05) is 6.07 Å². The average molecular weight is 327 g/mol. The van der Waals surface area contributed by atoms with Crippen molar-refractivity contribution in [3.8, 4) is 11.5 Å². The van der Waals surface area contributed by atoms with Crippen molar-refractivity contribution in [2.45, 2.75) is 19.5 Å². The standard InChI is InChI=1S/C17H17N3O4/c1-11(20-17(22)13-3-2-6-18-9-13)16(21)19-8-12-4-5-14-15(7-12)24-10-23-14/h2-7,9,11H,8,10H2,1H3,(H,19,21)(H,20,22)/t11-/m1/s1. The first-order chi connectivity index (χ1) is 11.6. The Morgan fingerprint density at radius 1 is 1.25 bits per heavy atom. The zero-order chi connectivity index (χ0) is 16.9. The molecule has 24 heavy (non-hydrogen) atoms. The second-order valence-corrected chi connectivity index (χ2v) is 5.34. The van der Waals surface area contributed by atoms with E-state index in [4.69, 9.17) is 9.47 Å². The van der Waals surface area contributed by atoms with Crippen LogP contribution in [0, 0.1) is 0 Å². The van der Waals surface area contributed by atoms with E-state index in [1.807, 2.05) is 12.1 Å². The molecule has 2 heterocycles. The van der Waals surface area contributed by atoms with Crippen molar-refractivity contribution in [1.29, 1.82) is 0 Å². The van der Waals surface area contributed by atoms with Crippen LogP contribution in [0.5, 0.6) is 11.5 Å². The average Bonchev–Trinajstić information content (AvgIpc) is 3.08. The first-order valence-electron chi connectivity index (χ1n) is 7.50. The third-order valence-corrected chi connectivity index (χ3v) is 3.57. The largest absolute Gasteiger partial charge is 0.454 e. The van der Waals surface area contributed by atoms with E-state index in [-0.39, 0.29) is 18.6 Å². The van der Waals surface area contributed by atoms with E-state index in [9.17, 15) is 9.59 Å². The molecule has 1 aliphatic heterocycles. The smallest absolute Gasteiger partial charge is 0.253 e. The molecule has 7 nitrogen and oxygen atoms in total. The summed E-state index contributed by atoms with van der Waals surface area (Å²) in [6.07, 6.45) is 3.03. The topological polar surface area (TPSA) is 89.6 Å². The van der Waals surface area contributed by atoms with Gasteiger partial charge in [-0.3, -0.25) is 14.6 Å². The van der Waals surface area contributed by atoms with Gasteiger partial charge in [-0.25, -0.2) is 0 Å². The quantitative estimate of drug-likeness (QED) is 0.862. The fourth-order valence-electron chi connectivity index (χ4n) is 2.24. The number of ether oxygens (including phenoxy) is 2. The maximum absolute atomic E-state index is 12.1. The summed E-state index contributed by atoms with van der Waals surface area (Å²) in [5.41, 5.74) is 1.30. The van der Waals surface area contributed by atoms with Crippen LogP contribution in [0.15, 0.2) is 42.7 Å². The van der Waals surface area contributed by atoms with Gasteiger partial charge in [0, 0.05) is 18.9 Å². The van der Waals surface area contributed by atoms with E-state index >= 15 is 0 Å². The molecule has 3 rings (SSSR count). The van der Waals surface area contributed by atoms with Crippen molar-refractivity contribution < 1.29 is 19.1 Å². The Balaban J connectivity index is 1.52. The third kappa shape index (κ3) is 3.62. The molecule has 2 amide bonds. The molecule has 1 aromatic carbocycles. The monoisotopic (exact) mass is 327 g/mol. The number of amides is 2. The molecule has 0 fully saturated rings. The molecule has 0 saturated carbocycles. The lowest BCUT2D eigenvalue weighted by atomic mass is 10.2. The number of benzene rings is 1. The van der Waals surface area contributed by atoms with Crippen molar-refractivity contribution in [3.63, 3.8) is 0 Å². The predicted octanol–water partition coefficient (Wildman–Crippen LogP) is 1.24. The Morgan fingerprint density at radius 2 is 2.08 bits per heavy atom. The van der Waals surface area contributed by atoms with Gasteiger partial charge in [-0.2, -0.15) is 0 Å². The van der Waals surface area contributed by atoms with Crippen LogP contribution in [0.25, 0.3) is 0 Å². The Bertz CT molecular complexity index is 749. The number of nitrogens with one attached hydrogen (secondary N) is 2. The summed E-state index contributed by atoms with van der Waals surface area (Å²) < 4.78 is 10.5. The molecule has 1 atom stereocenters. The van der Waals surface area contributed by atoms with Gasteiger partial charge in [0.2, 0.25) is 12.7 Å². The van der Waals surface area contributed by atoms with Crippen LogP contribution in [0.1, 0.15) is 22.8 Å². The Morgan fingerprint density at radius 3 is 2.88 bits per heavy atom. The number of hydrogen-bond donors (Lipinski definition) is 2. The van der Waals surface area contributed by atoms with Crippen LogP contribution in [-0.4, -0.2) is 29.6 Å². The summed E-state index contributed by atoms with van der Waals surface area (Å²) in [6.45, 7) is 2.17. The summed E-state index contributed by atoms with van der Waals surface area (Å²) in [6, 6.07) is 8.12.